The first kappa shape index (κ1) is 34.3. The SMILES string of the molecule is C=C(C)[C@H]1C=C[C@@H](OC(=O)c2ccccc2)[C@@]23CO[C@@](C)([C@H](OC(C)=O)[C@@]4(OC(C)=O)C[C@H](C)[C@H](OC(=O)CC)[C@@H]4[C@@H]2OC(C)=O)[C@H]13. The van der Waals surface area contributed by atoms with Gasteiger partial charge in [-0.2, -0.15) is 0 Å². The predicted octanol–water partition coefficient (Wildman–Crippen LogP) is 4.52. The number of hydrogen-bond donors (Lipinski definition) is 0. The molecule has 11 heteroatoms. The van der Waals surface area contributed by atoms with Crippen molar-refractivity contribution in [1.82, 2.24) is 0 Å². The quantitative estimate of drug-likeness (QED) is 0.222. The molecule has 0 N–H and O–H groups in total. The molecule has 4 aliphatic rings. The summed E-state index contributed by atoms with van der Waals surface area (Å²) in [7, 11) is 0. The van der Waals surface area contributed by atoms with Gasteiger partial charge in [0.1, 0.15) is 23.9 Å². The number of fused-ring (bicyclic) bond motifs is 1. The summed E-state index contributed by atoms with van der Waals surface area (Å²) in [5, 5.41) is 0. The summed E-state index contributed by atoms with van der Waals surface area (Å²) in [5.41, 5.74) is -3.37. The van der Waals surface area contributed by atoms with E-state index in [9.17, 15) is 24.0 Å². The van der Waals surface area contributed by atoms with Gasteiger partial charge in [-0.15, -0.1) is 0 Å². The number of carbonyl (C=O) groups is 5. The van der Waals surface area contributed by atoms with Crippen LogP contribution in [0.1, 0.15) is 71.7 Å². The van der Waals surface area contributed by atoms with Gasteiger partial charge in [0.25, 0.3) is 0 Å². The Labute approximate surface area is 274 Å². The minimum Gasteiger partial charge on any atom is -0.461 e. The third-order valence-electron chi connectivity index (χ3n) is 10.4. The van der Waals surface area contributed by atoms with Gasteiger partial charge < -0.3 is 28.4 Å². The maximum Gasteiger partial charge on any atom is 0.338 e. The van der Waals surface area contributed by atoms with E-state index in [1.165, 1.54) is 20.8 Å². The van der Waals surface area contributed by atoms with E-state index in [1.54, 1.807) is 50.3 Å². The molecule has 1 aromatic carbocycles. The zero-order valence-corrected chi connectivity index (χ0v) is 28.0. The van der Waals surface area contributed by atoms with Crippen LogP contribution >= 0.6 is 0 Å². The van der Waals surface area contributed by atoms with Gasteiger partial charge >= 0.3 is 29.8 Å². The highest BCUT2D eigenvalue weighted by Crippen LogP contribution is 2.68. The zero-order chi connectivity index (χ0) is 34.5. The maximum absolute atomic E-state index is 13.7. The maximum atomic E-state index is 13.7. The van der Waals surface area contributed by atoms with Crippen molar-refractivity contribution in [2.24, 2.45) is 29.1 Å². The van der Waals surface area contributed by atoms with Crippen LogP contribution in [-0.4, -0.2) is 72.1 Å². The highest BCUT2D eigenvalue weighted by atomic mass is 16.6. The lowest BCUT2D eigenvalue weighted by atomic mass is 9.55. The van der Waals surface area contributed by atoms with Gasteiger partial charge in [-0.3, -0.25) is 19.2 Å². The average Bonchev–Trinajstić information content (AvgIpc) is 3.45. The number of benzene rings is 1. The van der Waals surface area contributed by atoms with Gasteiger partial charge in [-0.1, -0.05) is 50.3 Å². The average molecular weight is 653 g/mol. The van der Waals surface area contributed by atoms with Crippen LogP contribution in [0.3, 0.4) is 0 Å². The second-order valence-electron chi connectivity index (χ2n) is 13.6. The minimum absolute atomic E-state index is 0.0640. The van der Waals surface area contributed by atoms with Crippen LogP contribution in [0.2, 0.25) is 0 Å². The molecule has 1 heterocycles. The highest BCUT2D eigenvalue weighted by molar-refractivity contribution is 5.89. The lowest BCUT2D eigenvalue weighted by molar-refractivity contribution is -0.246. The summed E-state index contributed by atoms with van der Waals surface area (Å²) in [4.78, 5) is 65.8. The third kappa shape index (κ3) is 5.56. The molecular weight excluding hydrogens is 608 g/mol. The van der Waals surface area contributed by atoms with Crippen LogP contribution in [0.4, 0.5) is 0 Å². The Morgan fingerprint density at radius 1 is 0.915 bits per heavy atom. The summed E-state index contributed by atoms with van der Waals surface area (Å²) in [6, 6.07) is 8.49. The third-order valence-corrected chi connectivity index (χ3v) is 10.4. The number of carbonyl (C=O) groups excluding carboxylic acids is 5. The molecule has 3 aliphatic carbocycles. The fourth-order valence-corrected chi connectivity index (χ4v) is 8.99. The van der Waals surface area contributed by atoms with E-state index in [1.807, 2.05) is 19.9 Å². The van der Waals surface area contributed by atoms with E-state index >= 15 is 0 Å². The van der Waals surface area contributed by atoms with Crippen LogP contribution in [0, 0.1) is 29.1 Å². The number of rotatable bonds is 8. The van der Waals surface area contributed by atoms with Crippen molar-refractivity contribution < 1.29 is 52.4 Å². The van der Waals surface area contributed by atoms with Crippen molar-refractivity contribution in [2.75, 3.05) is 6.61 Å². The van der Waals surface area contributed by atoms with E-state index in [0.717, 1.165) is 5.57 Å². The topological polar surface area (TPSA) is 141 Å². The largest absolute Gasteiger partial charge is 0.461 e. The lowest BCUT2D eigenvalue weighted by Crippen LogP contribution is -2.64. The molecule has 2 saturated carbocycles. The van der Waals surface area contributed by atoms with Gasteiger partial charge in [0.2, 0.25) is 0 Å². The van der Waals surface area contributed by atoms with Gasteiger partial charge in [-0.05, 0) is 44.4 Å². The van der Waals surface area contributed by atoms with E-state index < -0.39 is 94.6 Å². The predicted molar refractivity (Wildman–Crippen MR) is 166 cm³/mol. The molecule has 0 spiro atoms. The first-order chi connectivity index (χ1) is 22.1. The van der Waals surface area contributed by atoms with Gasteiger partial charge in [0.15, 0.2) is 11.7 Å². The molecule has 2 bridgehead atoms. The molecule has 0 aromatic heterocycles. The lowest BCUT2D eigenvalue weighted by Gasteiger charge is -2.51. The number of allylic oxidation sites excluding steroid dienone is 2. The molecule has 11 atom stereocenters. The molecule has 0 unspecified atom stereocenters. The molecule has 5 rings (SSSR count). The molecular formula is C36H44O11. The highest BCUT2D eigenvalue weighted by Gasteiger charge is 2.82. The molecule has 3 fully saturated rings. The second-order valence-corrected chi connectivity index (χ2v) is 13.6. The van der Waals surface area contributed by atoms with Crippen molar-refractivity contribution in [3.05, 3.63) is 60.2 Å². The molecule has 1 aliphatic heterocycles. The van der Waals surface area contributed by atoms with E-state index in [-0.39, 0.29) is 19.4 Å². The fraction of sp³-hybridized carbons (Fsp3) is 0.583. The monoisotopic (exact) mass is 652 g/mol. The summed E-state index contributed by atoms with van der Waals surface area (Å²) in [6.07, 6.45) is -0.647. The summed E-state index contributed by atoms with van der Waals surface area (Å²) < 4.78 is 38.0. The van der Waals surface area contributed by atoms with E-state index in [4.69, 9.17) is 28.4 Å². The Bertz CT molecular complexity index is 1480. The van der Waals surface area contributed by atoms with Crippen LogP contribution in [0.15, 0.2) is 54.6 Å². The van der Waals surface area contributed by atoms with Crippen molar-refractivity contribution in [3.8, 4) is 0 Å². The van der Waals surface area contributed by atoms with Crippen LogP contribution in [0.25, 0.3) is 0 Å². The van der Waals surface area contributed by atoms with Crippen LogP contribution < -0.4 is 0 Å². The molecule has 47 heavy (non-hydrogen) atoms. The van der Waals surface area contributed by atoms with Crippen molar-refractivity contribution in [3.63, 3.8) is 0 Å². The number of hydrogen-bond acceptors (Lipinski definition) is 11. The standard InChI is InChI=1S/C36H44O11/c1-9-27(40)46-29-20(4)17-36(47-23(7)39)28(29)31(43-21(5)37)35-18-42-34(8,33(36)44-22(6)38)30(35)25(19(2)3)15-16-26(35)45-32(41)24-13-11-10-12-14-24/h10-16,20,25-26,28-31,33H,2,9,17-18H2,1,3-8H3/t20-,25+,26+,28+,29-,30-,31-,33-,34+,35+,36+/m0/s1. The van der Waals surface area contributed by atoms with Crippen LogP contribution in [-0.2, 0) is 47.6 Å². The molecule has 0 radical (unpaired) electrons. The van der Waals surface area contributed by atoms with Gasteiger partial charge in [0.05, 0.1) is 23.5 Å². The van der Waals surface area contributed by atoms with Gasteiger partial charge in [0, 0.05) is 39.0 Å². The molecule has 1 saturated heterocycles. The van der Waals surface area contributed by atoms with Crippen LogP contribution in [0.5, 0.6) is 0 Å². The molecule has 0 amide bonds. The Hall–Kier alpha value is -3.99. The molecule has 11 nitrogen and oxygen atoms in total. The summed E-state index contributed by atoms with van der Waals surface area (Å²) in [5.74, 6) is -5.72. The van der Waals surface area contributed by atoms with Crippen molar-refractivity contribution >= 4 is 29.8 Å². The Kier molecular flexibility index (Phi) is 9.18. The van der Waals surface area contributed by atoms with Crippen molar-refractivity contribution in [1.29, 1.82) is 0 Å². The Balaban J connectivity index is 1.85. The first-order valence-corrected chi connectivity index (χ1v) is 16.1. The first-order valence-electron chi connectivity index (χ1n) is 16.1. The summed E-state index contributed by atoms with van der Waals surface area (Å²) >= 11 is 0. The minimum atomic E-state index is -1.68. The molecule has 254 valence electrons. The number of ether oxygens (including phenoxy) is 6. The number of esters is 5. The van der Waals surface area contributed by atoms with E-state index in [2.05, 4.69) is 6.58 Å². The second kappa shape index (κ2) is 12.6. The normalized spacial score (nSPS) is 38.2. The zero-order valence-electron chi connectivity index (χ0n) is 28.0. The fourth-order valence-electron chi connectivity index (χ4n) is 8.99. The Morgan fingerprint density at radius 2 is 1.57 bits per heavy atom. The summed E-state index contributed by atoms with van der Waals surface area (Å²) in [6.45, 7) is 15.1. The molecule has 1 aromatic rings. The van der Waals surface area contributed by atoms with Crippen molar-refractivity contribution in [2.45, 2.75) is 96.9 Å². The Morgan fingerprint density at radius 3 is 2.15 bits per heavy atom. The smallest absolute Gasteiger partial charge is 0.338 e. The van der Waals surface area contributed by atoms with Gasteiger partial charge in [-0.25, -0.2) is 4.79 Å². The van der Waals surface area contributed by atoms with E-state index in [0.29, 0.717) is 5.56 Å².